The molecule has 0 amide bonds. The number of rotatable bonds is 3. The molecule has 2 rings (SSSR count). The van der Waals surface area contributed by atoms with Crippen LogP contribution in [0.4, 0.5) is 4.39 Å². The van der Waals surface area contributed by atoms with E-state index in [1.807, 2.05) is 0 Å². The zero-order valence-electron chi connectivity index (χ0n) is 12.1. The predicted molar refractivity (Wildman–Crippen MR) is 78.9 cm³/mol. The molecule has 0 fully saturated rings. The van der Waals surface area contributed by atoms with Crippen LogP contribution in [0.15, 0.2) is 18.2 Å². The van der Waals surface area contributed by atoms with Crippen LogP contribution in [-0.2, 0) is 5.41 Å². The third kappa shape index (κ3) is 2.87. The van der Waals surface area contributed by atoms with Crippen molar-refractivity contribution in [2.75, 3.05) is 0 Å². The van der Waals surface area contributed by atoms with Crippen LogP contribution in [0.5, 0.6) is 0 Å². The fourth-order valence-electron chi connectivity index (χ4n) is 2.08. The minimum Gasteiger partial charge on any atom is -0.271 e. The van der Waals surface area contributed by atoms with E-state index >= 15 is 0 Å². The number of nitrogens with zero attached hydrogens (tertiary/aromatic N) is 2. The molecule has 0 spiro atoms. The summed E-state index contributed by atoms with van der Waals surface area (Å²) in [7, 11) is 0. The molecular formula is C14H19FN4S. The number of hydrogen-bond acceptors (Lipinski definition) is 5. The van der Waals surface area contributed by atoms with E-state index in [0.717, 1.165) is 16.1 Å². The highest BCUT2D eigenvalue weighted by Crippen LogP contribution is 2.33. The maximum absolute atomic E-state index is 13.4. The molecule has 6 heteroatoms. The van der Waals surface area contributed by atoms with Gasteiger partial charge < -0.3 is 0 Å². The number of aromatic nitrogens is 2. The van der Waals surface area contributed by atoms with Gasteiger partial charge in [-0.25, -0.2) is 9.82 Å². The minimum atomic E-state index is -0.233. The van der Waals surface area contributed by atoms with Gasteiger partial charge in [-0.05, 0) is 35.6 Å². The van der Waals surface area contributed by atoms with E-state index in [-0.39, 0.29) is 17.3 Å². The van der Waals surface area contributed by atoms with Crippen LogP contribution in [0.25, 0.3) is 0 Å². The van der Waals surface area contributed by atoms with Crippen LogP contribution < -0.4 is 11.3 Å². The van der Waals surface area contributed by atoms with E-state index in [4.69, 9.17) is 5.84 Å². The first-order valence-electron chi connectivity index (χ1n) is 6.39. The Hall–Kier alpha value is -1.37. The first kappa shape index (κ1) is 15.0. The molecule has 20 heavy (non-hydrogen) atoms. The van der Waals surface area contributed by atoms with Crippen molar-refractivity contribution in [3.05, 3.63) is 45.7 Å². The number of halogens is 1. The summed E-state index contributed by atoms with van der Waals surface area (Å²) in [6.07, 6.45) is 0. The molecule has 0 saturated heterocycles. The zero-order valence-corrected chi connectivity index (χ0v) is 12.9. The average molecular weight is 294 g/mol. The third-order valence-electron chi connectivity index (χ3n) is 3.17. The molecule has 0 aliphatic heterocycles. The monoisotopic (exact) mass is 294 g/mol. The molecule has 0 bridgehead atoms. The lowest BCUT2D eigenvalue weighted by atomic mass is 9.89. The second-order valence-corrected chi connectivity index (χ2v) is 6.63. The molecule has 1 unspecified atom stereocenters. The number of nitrogens with two attached hydrogens (primary N) is 1. The Kier molecular flexibility index (Phi) is 4.17. The van der Waals surface area contributed by atoms with E-state index in [1.54, 1.807) is 19.1 Å². The van der Waals surface area contributed by atoms with Crippen molar-refractivity contribution in [3.63, 3.8) is 0 Å². The molecule has 0 aliphatic rings. The number of nitrogens with one attached hydrogen (secondary N) is 1. The van der Waals surface area contributed by atoms with Crippen LogP contribution in [0.3, 0.4) is 0 Å². The van der Waals surface area contributed by atoms with Crippen LogP contribution in [0, 0.1) is 12.7 Å². The van der Waals surface area contributed by atoms with Crippen molar-refractivity contribution in [2.45, 2.75) is 39.2 Å². The SMILES string of the molecule is Cc1cc(C(NN)c2snnc2C(C)(C)C)ccc1F. The summed E-state index contributed by atoms with van der Waals surface area (Å²) < 4.78 is 17.4. The van der Waals surface area contributed by atoms with Gasteiger partial charge in [0.25, 0.3) is 0 Å². The Morgan fingerprint density at radius 2 is 2.05 bits per heavy atom. The highest BCUT2D eigenvalue weighted by atomic mass is 32.1. The summed E-state index contributed by atoms with van der Waals surface area (Å²) >= 11 is 1.32. The molecule has 1 aromatic carbocycles. The number of hydrazine groups is 1. The smallest absolute Gasteiger partial charge is 0.126 e. The lowest BCUT2D eigenvalue weighted by Crippen LogP contribution is -2.30. The van der Waals surface area contributed by atoms with Gasteiger partial charge in [0.2, 0.25) is 0 Å². The Morgan fingerprint density at radius 1 is 1.35 bits per heavy atom. The predicted octanol–water partition coefficient (Wildman–Crippen LogP) is 2.84. The minimum absolute atomic E-state index is 0.119. The fourth-order valence-corrected chi connectivity index (χ4v) is 3.03. The summed E-state index contributed by atoms with van der Waals surface area (Å²) in [6, 6.07) is 4.76. The Labute approximate surface area is 122 Å². The summed E-state index contributed by atoms with van der Waals surface area (Å²) in [6.45, 7) is 7.98. The van der Waals surface area contributed by atoms with E-state index in [0.29, 0.717) is 5.56 Å². The van der Waals surface area contributed by atoms with Crippen molar-refractivity contribution in [3.8, 4) is 0 Å². The molecule has 0 saturated carbocycles. The molecule has 1 aromatic heterocycles. The largest absolute Gasteiger partial charge is 0.271 e. The molecule has 2 aromatic rings. The molecular weight excluding hydrogens is 275 g/mol. The van der Waals surface area contributed by atoms with Crippen LogP contribution >= 0.6 is 11.5 Å². The fraction of sp³-hybridized carbons (Fsp3) is 0.429. The highest BCUT2D eigenvalue weighted by Gasteiger charge is 2.27. The Morgan fingerprint density at radius 3 is 2.60 bits per heavy atom. The first-order chi connectivity index (χ1) is 9.34. The summed E-state index contributed by atoms with van der Waals surface area (Å²) in [5, 5.41) is 4.22. The quantitative estimate of drug-likeness (QED) is 0.675. The zero-order chi connectivity index (χ0) is 14.9. The van der Waals surface area contributed by atoms with E-state index in [1.165, 1.54) is 17.6 Å². The summed E-state index contributed by atoms with van der Waals surface area (Å²) in [5.41, 5.74) is 5.08. The molecule has 4 nitrogen and oxygen atoms in total. The maximum atomic E-state index is 13.4. The highest BCUT2D eigenvalue weighted by molar-refractivity contribution is 7.05. The first-order valence-corrected chi connectivity index (χ1v) is 7.17. The molecule has 1 heterocycles. The van der Waals surface area contributed by atoms with Gasteiger partial charge >= 0.3 is 0 Å². The van der Waals surface area contributed by atoms with Crippen molar-refractivity contribution in [2.24, 2.45) is 5.84 Å². The number of benzene rings is 1. The second kappa shape index (κ2) is 5.55. The summed E-state index contributed by atoms with van der Waals surface area (Å²) in [4.78, 5) is 0.964. The van der Waals surface area contributed by atoms with E-state index < -0.39 is 0 Å². The van der Waals surface area contributed by atoms with Crippen molar-refractivity contribution in [1.29, 1.82) is 0 Å². The second-order valence-electron chi connectivity index (χ2n) is 5.84. The van der Waals surface area contributed by atoms with Gasteiger partial charge in [-0.1, -0.05) is 37.4 Å². The van der Waals surface area contributed by atoms with E-state index in [2.05, 4.69) is 35.8 Å². The standard InChI is InChI=1S/C14H19FN4S/c1-8-7-9(5-6-10(8)15)11(17-16)12-13(14(2,3)4)18-19-20-12/h5-7,11,17H,16H2,1-4H3. The van der Waals surface area contributed by atoms with Crippen LogP contribution in [0.2, 0.25) is 0 Å². The Balaban J connectivity index is 2.48. The molecule has 0 radical (unpaired) electrons. The topological polar surface area (TPSA) is 63.8 Å². The van der Waals surface area contributed by atoms with Gasteiger partial charge in [-0.15, -0.1) is 5.10 Å². The van der Waals surface area contributed by atoms with Gasteiger partial charge in [-0.3, -0.25) is 5.84 Å². The van der Waals surface area contributed by atoms with Gasteiger partial charge in [0.05, 0.1) is 16.6 Å². The van der Waals surface area contributed by atoms with Gasteiger partial charge in [0.1, 0.15) is 5.82 Å². The van der Waals surface area contributed by atoms with Crippen molar-refractivity contribution >= 4 is 11.5 Å². The number of hydrogen-bond donors (Lipinski definition) is 2. The van der Waals surface area contributed by atoms with Crippen molar-refractivity contribution in [1.82, 2.24) is 15.0 Å². The van der Waals surface area contributed by atoms with E-state index in [9.17, 15) is 4.39 Å². The lowest BCUT2D eigenvalue weighted by Gasteiger charge is -2.21. The maximum Gasteiger partial charge on any atom is 0.126 e. The molecule has 3 N–H and O–H groups in total. The van der Waals surface area contributed by atoms with Gasteiger partial charge in [-0.2, -0.15) is 0 Å². The average Bonchev–Trinajstić information content (AvgIpc) is 2.83. The lowest BCUT2D eigenvalue weighted by molar-refractivity contribution is 0.543. The van der Waals surface area contributed by atoms with Gasteiger partial charge in [0.15, 0.2) is 0 Å². The van der Waals surface area contributed by atoms with Crippen molar-refractivity contribution < 1.29 is 4.39 Å². The Bertz CT molecular complexity index is 603. The van der Waals surface area contributed by atoms with Gasteiger partial charge in [0, 0.05) is 5.41 Å². The van der Waals surface area contributed by atoms with Crippen LogP contribution in [0.1, 0.15) is 48.5 Å². The molecule has 1 atom stereocenters. The normalized spacial score (nSPS) is 13.5. The molecule has 108 valence electrons. The molecule has 0 aliphatic carbocycles. The number of aryl methyl sites for hydroxylation is 1. The third-order valence-corrected chi connectivity index (χ3v) is 3.96. The van der Waals surface area contributed by atoms with Crippen LogP contribution in [-0.4, -0.2) is 9.59 Å². The summed E-state index contributed by atoms with van der Waals surface area (Å²) in [5.74, 6) is 5.48.